The molecule has 0 aliphatic carbocycles. The highest BCUT2D eigenvalue weighted by Crippen LogP contribution is 2.22. The first-order valence-corrected chi connectivity index (χ1v) is 4.42. The van der Waals surface area contributed by atoms with Crippen molar-refractivity contribution in [2.24, 2.45) is 0 Å². The molecule has 1 aliphatic rings. The first-order chi connectivity index (χ1) is 5.90. The zero-order chi connectivity index (χ0) is 8.39. The second-order valence-electron chi connectivity index (χ2n) is 3.18. The summed E-state index contributed by atoms with van der Waals surface area (Å²) in [5.74, 6) is 0. The first kappa shape index (κ1) is 7.62. The van der Waals surface area contributed by atoms with E-state index in [9.17, 15) is 0 Å². The number of benzene rings is 1. The molecule has 1 aromatic rings. The molecule has 2 nitrogen and oxygen atoms in total. The Labute approximate surface area is 73.0 Å². The number of hydrogen-bond donors (Lipinski definition) is 2. The van der Waals surface area contributed by atoms with Crippen molar-refractivity contribution in [3.63, 3.8) is 0 Å². The van der Waals surface area contributed by atoms with Crippen LogP contribution in [0, 0.1) is 0 Å². The average Bonchev–Trinajstić information content (AvgIpc) is 2.17. The lowest BCUT2D eigenvalue weighted by Crippen LogP contribution is -2.36. The molecule has 1 unspecified atom stereocenters. The Bertz CT molecular complexity index is 270. The van der Waals surface area contributed by atoms with Gasteiger partial charge in [0.25, 0.3) is 0 Å². The van der Waals surface area contributed by atoms with E-state index in [0.29, 0.717) is 6.17 Å². The van der Waals surface area contributed by atoms with Gasteiger partial charge in [-0.25, -0.2) is 0 Å². The second-order valence-corrected chi connectivity index (χ2v) is 3.18. The lowest BCUT2D eigenvalue weighted by atomic mass is 10.0. The van der Waals surface area contributed by atoms with Crippen molar-refractivity contribution < 1.29 is 0 Å². The van der Waals surface area contributed by atoms with Crippen LogP contribution in [0.5, 0.6) is 0 Å². The molecule has 1 atom stereocenters. The molecule has 0 radical (unpaired) electrons. The summed E-state index contributed by atoms with van der Waals surface area (Å²) >= 11 is 0. The predicted octanol–water partition coefficient (Wildman–Crippen LogP) is 1.59. The normalized spacial score (nSPS) is 21.2. The lowest BCUT2D eigenvalue weighted by molar-refractivity contribution is 0.561. The van der Waals surface area contributed by atoms with Gasteiger partial charge in [-0.1, -0.05) is 18.2 Å². The molecule has 1 aromatic carbocycles. The van der Waals surface area contributed by atoms with E-state index in [0.717, 1.165) is 0 Å². The Morgan fingerprint density at radius 1 is 1.42 bits per heavy atom. The number of hydrogen-bond acceptors (Lipinski definition) is 2. The van der Waals surface area contributed by atoms with E-state index >= 15 is 0 Å². The molecule has 1 aliphatic heterocycles. The van der Waals surface area contributed by atoms with Gasteiger partial charge >= 0.3 is 0 Å². The van der Waals surface area contributed by atoms with Gasteiger partial charge in [0.05, 0.1) is 6.17 Å². The number of rotatable bonds is 1. The van der Waals surface area contributed by atoms with Gasteiger partial charge in [-0.15, -0.1) is 0 Å². The fourth-order valence-electron chi connectivity index (χ4n) is 1.66. The number of nitrogens with one attached hydrogen (secondary N) is 2. The Kier molecular flexibility index (Phi) is 2.00. The zero-order valence-corrected chi connectivity index (χ0v) is 7.30. The second kappa shape index (κ2) is 3.15. The van der Waals surface area contributed by atoms with Crippen molar-refractivity contribution in [1.82, 2.24) is 5.32 Å². The van der Waals surface area contributed by atoms with Crippen molar-refractivity contribution in [2.75, 3.05) is 12.4 Å². The average molecular weight is 162 g/mol. The van der Waals surface area contributed by atoms with E-state index in [4.69, 9.17) is 0 Å². The maximum atomic E-state index is 3.44. The van der Waals surface area contributed by atoms with Gasteiger partial charge in [0, 0.05) is 5.69 Å². The van der Waals surface area contributed by atoms with E-state index in [2.05, 4.69) is 34.9 Å². The van der Waals surface area contributed by atoms with Crippen LogP contribution in [0.1, 0.15) is 12.0 Å². The van der Waals surface area contributed by atoms with Crippen molar-refractivity contribution in [2.45, 2.75) is 19.0 Å². The Morgan fingerprint density at radius 2 is 2.25 bits per heavy atom. The van der Waals surface area contributed by atoms with Crippen LogP contribution in [-0.4, -0.2) is 13.2 Å². The maximum absolute atomic E-state index is 3.44. The molecule has 0 saturated heterocycles. The predicted molar refractivity (Wildman–Crippen MR) is 51.2 cm³/mol. The third-order valence-electron chi connectivity index (χ3n) is 2.40. The molecular formula is C10H14N2. The van der Waals surface area contributed by atoms with E-state index in [1.54, 1.807) is 0 Å². The third-order valence-corrected chi connectivity index (χ3v) is 2.40. The minimum absolute atomic E-state index is 0.444. The van der Waals surface area contributed by atoms with Gasteiger partial charge in [-0.3, -0.25) is 0 Å². The number of anilines is 1. The van der Waals surface area contributed by atoms with Crippen LogP contribution < -0.4 is 10.6 Å². The highest BCUT2D eigenvalue weighted by Gasteiger charge is 2.14. The van der Waals surface area contributed by atoms with Crippen LogP contribution in [0.15, 0.2) is 24.3 Å². The fourth-order valence-corrected chi connectivity index (χ4v) is 1.66. The molecular weight excluding hydrogens is 148 g/mol. The summed E-state index contributed by atoms with van der Waals surface area (Å²) in [6.07, 6.45) is 2.79. The topological polar surface area (TPSA) is 24.1 Å². The van der Waals surface area contributed by atoms with Crippen LogP contribution in [0.25, 0.3) is 0 Å². The summed E-state index contributed by atoms with van der Waals surface area (Å²) in [4.78, 5) is 0. The monoisotopic (exact) mass is 162 g/mol. The molecule has 0 bridgehead atoms. The zero-order valence-electron chi connectivity index (χ0n) is 7.30. The quantitative estimate of drug-likeness (QED) is 0.655. The van der Waals surface area contributed by atoms with E-state index in [1.165, 1.54) is 24.1 Å². The van der Waals surface area contributed by atoms with Gasteiger partial charge in [-0.05, 0) is 31.5 Å². The number of aryl methyl sites for hydroxylation is 1. The van der Waals surface area contributed by atoms with Crippen LogP contribution in [-0.2, 0) is 6.42 Å². The number of fused-ring (bicyclic) bond motifs is 1. The van der Waals surface area contributed by atoms with Gasteiger partial charge in [0.1, 0.15) is 0 Å². The highest BCUT2D eigenvalue weighted by molar-refractivity contribution is 5.53. The van der Waals surface area contributed by atoms with Crippen LogP contribution in [0.4, 0.5) is 5.69 Å². The summed E-state index contributed by atoms with van der Waals surface area (Å²) in [5, 5.41) is 6.67. The molecule has 0 amide bonds. The smallest absolute Gasteiger partial charge is 0.0769 e. The van der Waals surface area contributed by atoms with Crippen molar-refractivity contribution in [3.8, 4) is 0 Å². The third kappa shape index (κ3) is 1.30. The SMILES string of the molecule is CNC1CCc2ccccc2N1. The summed E-state index contributed by atoms with van der Waals surface area (Å²) in [6.45, 7) is 0. The highest BCUT2D eigenvalue weighted by atomic mass is 15.1. The molecule has 12 heavy (non-hydrogen) atoms. The Hall–Kier alpha value is -1.02. The first-order valence-electron chi connectivity index (χ1n) is 4.42. The van der Waals surface area contributed by atoms with E-state index in [-0.39, 0.29) is 0 Å². The molecule has 1 heterocycles. The molecule has 2 rings (SSSR count). The van der Waals surface area contributed by atoms with Crippen LogP contribution in [0.2, 0.25) is 0 Å². The van der Waals surface area contributed by atoms with Gasteiger partial charge in [0.15, 0.2) is 0 Å². The molecule has 0 spiro atoms. The van der Waals surface area contributed by atoms with Crippen LogP contribution >= 0.6 is 0 Å². The summed E-state index contributed by atoms with van der Waals surface area (Å²) < 4.78 is 0. The summed E-state index contributed by atoms with van der Waals surface area (Å²) in [6, 6.07) is 8.50. The standard InChI is InChI=1S/C10H14N2/c1-11-10-7-6-8-4-2-3-5-9(8)12-10/h2-5,10-12H,6-7H2,1H3. The molecule has 2 N–H and O–H groups in total. The number of para-hydroxylation sites is 1. The minimum Gasteiger partial charge on any atom is -0.370 e. The molecule has 0 fully saturated rings. The van der Waals surface area contributed by atoms with E-state index < -0.39 is 0 Å². The Balaban J connectivity index is 2.23. The maximum Gasteiger partial charge on any atom is 0.0769 e. The lowest BCUT2D eigenvalue weighted by Gasteiger charge is -2.26. The van der Waals surface area contributed by atoms with Gasteiger partial charge in [0.2, 0.25) is 0 Å². The van der Waals surface area contributed by atoms with Crippen molar-refractivity contribution in [1.29, 1.82) is 0 Å². The molecule has 0 saturated carbocycles. The molecule has 64 valence electrons. The Morgan fingerprint density at radius 3 is 3.08 bits per heavy atom. The van der Waals surface area contributed by atoms with Crippen molar-refractivity contribution in [3.05, 3.63) is 29.8 Å². The summed E-state index contributed by atoms with van der Waals surface area (Å²) in [5.41, 5.74) is 2.71. The fraction of sp³-hybridized carbons (Fsp3) is 0.400. The minimum atomic E-state index is 0.444. The van der Waals surface area contributed by atoms with Crippen LogP contribution in [0.3, 0.4) is 0 Å². The van der Waals surface area contributed by atoms with Gasteiger partial charge in [-0.2, -0.15) is 0 Å². The summed E-state index contributed by atoms with van der Waals surface area (Å²) in [7, 11) is 1.99. The molecule has 2 heteroatoms. The van der Waals surface area contributed by atoms with Gasteiger partial charge < -0.3 is 10.6 Å². The van der Waals surface area contributed by atoms with E-state index in [1.807, 2.05) is 7.05 Å². The molecule has 0 aromatic heterocycles. The van der Waals surface area contributed by atoms with Crippen molar-refractivity contribution >= 4 is 5.69 Å². The largest absolute Gasteiger partial charge is 0.370 e.